The number of benzene rings is 1. The number of nitrogens with zero attached hydrogens (tertiary/aromatic N) is 3. The van der Waals surface area contributed by atoms with Crippen molar-refractivity contribution in [2.24, 2.45) is 14.1 Å². The van der Waals surface area contributed by atoms with E-state index >= 15 is 0 Å². The Labute approximate surface area is 98.1 Å². The molecular formula is C13H13N3O. The molecule has 0 spiro atoms. The fourth-order valence-electron chi connectivity index (χ4n) is 2.30. The second-order valence-electron chi connectivity index (χ2n) is 4.41. The van der Waals surface area contributed by atoms with Crippen molar-refractivity contribution in [3.8, 4) is 0 Å². The smallest absolute Gasteiger partial charge is 0.294 e. The molecule has 86 valence electrons. The summed E-state index contributed by atoms with van der Waals surface area (Å²) in [5.41, 5.74) is 3.89. The Morgan fingerprint density at radius 1 is 1.18 bits per heavy atom. The van der Waals surface area contributed by atoms with E-state index in [1.807, 2.05) is 19.1 Å². The number of pyridine rings is 1. The molecule has 0 amide bonds. The molecule has 0 aliphatic heterocycles. The minimum absolute atomic E-state index is 0.0178. The van der Waals surface area contributed by atoms with Gasteiger partial charge in [-0.2, -0.15) is 0 Å². The van der Waals surface area contributed by atoms with Crippen molar-refractivity contribution in [1.82, 2.24) is 14.1 Å². The highest BCUT2D eigenvalue weighted by atomic mass is 16.1. The van der Waals surface area contributed by atoms with Gasteiger partial charge in [0.2, 0.25) is 0 Å². The van der Waals surface area contributed by atoms with Crippen molar-refractivity contribution in [3.05, 3.63) is 40.4 Å². The number of hydrogen-bond donors (Lipinski definition) is 0. The predicted molar refractivity (Wildman–Crippen MR) is 68.2 cm³/mol. The van der Waals surface area contributed by atoms with Crippen LogP contribution in [0.2, 0.25) is 0 Å². The summed E-state index contributed by atoms with van der Waals surface area (Å²) in [5.74, 6) is 0. The largest absolute Gasteiger partial charge is 0.328 e. The number of imidazole rings is 1. The van der Waals surface area contributed by atoms with Gasteiger partial charge >= 0.3 is 5.69 Å². The van der Waals surface area contributed by atoms with E-state index in [4.69, 9.17) is 0 Å². The molecule has 0 fully saturated rings. The van der Waals surface area contributed by atoms with Crippen molar-refractivity contribution in [1.29, 1.82) is 0 Å². The minimum atomic E-state index is -0.0178. The molecule has 0 saturated carbocycles. The third-order valence-corrected chi connectivity index (χ3v) is 3.25. The predicted octanol–water partition coefficient (Wildman–Crippen LogP) is 1.73. The van der Waals surface area contributed by atoms with Gasteiger partial charge in [-0.25, -0.2) is 4.79 Å². The van der Waals surface area contributed by atoms with Crippen LogP contribution in [0.4, 0.5) is 0 Å². The van der Waals surface area contributed by atoms with Crippen LogP contribution in [0.25, 0.3) is 21.9 Å². The highest BCUT2D eigenvalue weighted by Gasteiger charge is 2.11. The van der Waals surface area contributed by atoms with E-state index in [1.54, 1.807) is 29.4 Å². The normalized spacial score (nSPS) is 11.5. The Kier molecular flexibility index (Phi) is 1.90. The zero-order chi connectivity index (χ0) is 12.2. The summed E-state index contributed by atoms with van der Waals surface area (Å²) in [5, 5.41) is 1.03. The molecule has 4 nitrogen and oxygen atoms in total. The summed E-state index contributed by atoms with van der Waals surface area (Å²) in [6.45, 7) is 2.04. The topological polar surface area (TPSA) is 39.8 Å². The van der Waals surface area contributed by atoms with Crippen LogP contribution in [-0.4, -0.2) is 14.1 Å². The van der Waals surface area contributed by atoms with Crippen molar-refractivity contribution >= 4 is 21.9 Å². The van der Waals surface area contributed by atoms with Gasteiger partial charge in [0.1, 0.15) is 0 Å². The molecule has 4 heteroatoms. The molecule has 3 rings (SSSR count). The van der Waals surface area contributed by atoms with Gasteiger partial charge < -0.3 is 0 Å². The summed E-state index contributed by atoms with van der Waals surface area (Å²) in [6.07, 6.45) is 1.76. The van der Waals surface area contributed by atoms with Crippen LogP contribution in [0.15, 0.2) is 29.2 Å². The van der Waals surface area contributed by atoms with Gasteiger partial charge in [0.25, 0.3) is 0 Å². The lowest BCUT2D eigenvalue weighted by Gasteiger charge is -2.02. The molecule has 0 saturated heterocycles. The van der Waals surface area contributed by atoms with Crippen LogP contribution in [0.1, 0.15) is 5.56 Å². The molecule has 1 aromatic carbocycles. The average molecular weight is 227 g/mol. The third kappa shape index (κ3) is 1.24. The molecule has 0 aliphatic rings. The van der Waals surface area contributed by atoms with Crippen LogP contribution in [-0.2, 0) is 14.1 Å². The molecule has 3 aromatic rings. The number of fused-ring (bicyclic) bond motifs is 3. The monoisotopic (exact) mass is 227 g/mol. The van der Waals surface area contributed by atoms with Gasteiger partial charge in [-0.1, -0.05) is 11.6 Å². The van der Waals surface area contributed by atoms with Crippen LogP contribution in [0.3, 0.4) is 0 Å². The van der Waals surface area contributed by atoms with Crippen LogP contribution in [0, 0.1) is 6.92 Å². The van der Waals surface area contributed by atoms with Gasteiger partial charge in [-0.3, -0.25) is 14.1 Å². The van der Waals surface area contributed by atoms with E-state index in [0.717, 1.165) is 21.9 Å². The van der Waals surface area contributed by atoms with Crippen molar-refractivity contribution in [2.75, 3.05) is 0 Å². The van der Waals surface area contributed by atoms with Gasteiger partial charge in [-0.05, 0) is 19.1 Å². The van der Waals surface area contributed by atoms with E-state index in [-0.39, 0.29) is 5.69 Å². The summed E-state index contributed by atoms with van der Waals surface area (Å²) in [6, 6.07) is 6.09. The summed E-state index contributed by atoms with van der Waals surface area (Å²) in [4.78, 5) is 16.3. The molecule has 0 unspecified atom stereocenters. The molecule has 0 aliphatic carbocycles. The average Bonchev–Trinajstić information content (AvgIpc) is 2.54. The highest BCUT2D eigenvalue weighted by molar-refractivity contribution is 6.02. The molecule has 0 radical (unpaired) electrons. The molecule has 0 bridgehead atoms. The molecule has 17 heavy (non-hydrogen) atoms. The standard InChI is InChI=1S/C13H13N3O/c1-8-4-5-10-9(6-8)12-11(7-14-10)15(2)13(17)16(12)3/h4-7H,1-3H3. The maximum Gasteiger partial charge on any atom is 0.328 e. The number of rotatable bonds is 0. The van der Waals surface area contributed by atoms with Crippen molar-refractivity contribution < 1.29 is 0 Å². The maximum absolute atomic E-state index is 11.9. The lowest BCUT2D eigenvalue weighted by atomic mass is 10.1. The lowest BCUT2D eigenvalue weighted by molar-refractivity contribution is 0.795. The van der Waals surface area contributed by atoms with Crippen molar-refractivity contribution in [3.63, 3.8) is 0 Å². The first kappa shape index (κ1) is 10.1. The maximum atomic E-state index is 11.9. The summed E-state index contributed by atoms with van der Waals surface area (Å²) < 4.78 is 3.31. The SMILES string of the molecule is Cc1ccc2ncc3c(c2c1)n(C)c(=O)n3C. The Morgan fingerprint density at radius 3 is 2.71 bits per heavy atom. The second-order valence-corrected chi connectivity index (χ2v) is 4.41. The van der Waals surface area contributed by atoms with E-state index in [1.165, 1.54) is 5.56 Å². The fourth-order valence-corrected chi connectivity index (χ4v) is 2.30. The Balaban J connectivity index is 2.68. The van der Waals surface area contributed by atoms with Gasteiger partial charge in [0, 0.05) is 19.5 Å². The van der Waals surface area contributed by atoms with E-state index in [2.05, 4.69) is 11.1 Å². The van der Waals surface area contributed by atoms with Gasteiger partial charge in [0.05, 0.1) is 22.7 Å². The summed E-state index contributed by atoms with van der Waals surface area (Å²) >= 11 is 0. The Bertz CT molecular complexity index is 796. The van der Waals surface area contributed by atoms with Crippen molar-refractivity contribution in [2.45, 2.75) is 6.92 Å². The number of hydrogen-bond acceptors (Lipinski definition) is 2. The van der Waals surface area contributed by atoms with E-state index in [9.17, 15) is 4.79 Å². The molecule has 0 N–H and O–H groups in total. The van der Waals surface area contributed by atoms with Gasteiger partial charge in [-0.15, -0.1) is 0 Å². The van der Waals surface area contributed by atoms with Gasteiger partial charge in [0.15, 0.2) is 0 Å². The minimum Gasteiger partial charge on any atom is -0.294 e. The van der Waals surface area contributed by atoms with E-state index in [0.29, 0.717) is 0 Å². The molecule has 2 heterocycles. The first-order chi connectivity index (χ1) is 8.09. The Hall–Kier alpha value is -2.10. The number of aromatic nitrogens is 3. The Morgan fingerprint density at radius 2 is 1.94 bits per heavy atom. The zero-order valence-corrected chi connectivity index (χ0v) is 10.1. The fraction of sp³-hybridized carbons (Fsp3) is 0.231. The summed E-state index contributed by atoms with van der Waals surface area (Å²) in [7, 11) is 3.57. The lowest BCUT2D eigenvalue weighted by Crippen LogP contribution is -2.19. The van der Waals surface area contributed by atoms with Crippen LogP contribution in [0.5, 0.6) is 0 Å². The molecule has 2 aromatic heterocycles. The molecule has 0 atom stereocenters. The highest BCUT2D eigenvalue weighted by Crippen LogP contribution is 2.22. The second kappa shape index (κ2) is 3.20. The van der Waals surface area contributed by atoms with Crippen LogP contribution >= 0.6 is 0 Å². The first-order valence-corrected chi connectivity index (χ1v) is 5.50. The molecular weight excluding hydrogens is 214 g/mol. The third-order valence-electron chi connectivity index (χ3n) is 3.25. The zero-order valence-electron chi connectivity index (χ0n) is 10.1. The number of aryl methyl sites for hydroxylation is 3. The quantitative estimate of drug-likeness (QED) is 0.587. The van der Waals surface area contributed by atoms with Crippen LogP contribution < -0.4 is 5.69 Å². The van der Waals surface area contributed by atoms with E-state index < -0.39 is 0 Å². The first-order valence-electron chi connectivity index (χ1n) is 5.50.